The molecule has 4 heteroatoms. The molecular weight excluding hydrogens is 166 g/mol. The smallest absolute Gasteiger partial charge is 0.141 e. The van der Waals surface area contributed by atoms with Gasteiger partial charge in [-0.2, -0.15) is 0 Å². The Bertz CT molecular complexity index is 243. The van der Waals surface area contributed by atoms with Crippen molar-refractivity contribution >= 4 is 5.82 Å². The van der Waals surface area contributed by atoms with Crippen LogP contribution in [0.25, 0.3) is 0 Å². The van der Waals surface area contributed by atoms with Crippen LogP contribution in [0.15, 0.2) is 12.5 Å². The molecule has 1 rings (SSSR count). The predicted molar refractivity (Wildman–Crippen MR) is 52.1 cm³/mol. The van der Waals surface area contributed by atoms with Crippen LogP contribution in [-0.2, 0) is 11.5 Å². The van der Waals surface area contributed by atoms with Gasteiger partial charge in [-0.3, -0.25) is 0 Å². The minimum absolute atomic E-state index is 0.337. The van der Waals surface area contributed by atoms with Gasteiger partial charge in [-0.15, -0.1) is 0 Å². The molecule has 0 aliphatic heterocycles. The average molecular weight is 183 g/mol. The molecule has 74 valence electrons. The van der Waals surface area contributed by atoms with Crippen molar-refractivity contribution in [2.45, 2.75) is 39.5 Å². The van der Waals surface area contributed by atoms with Crippen molar-refractivity contribution in [3.05, 3.63) is 12.5 Å². The summed E-state index contributed by atoms with van der Waals surface area (Å²) in [5, 5.41) is 0. The highest BCUT2D eigenvalue weighted by Gasteiger charge is 2.02. The summed E-state index contributed by atoms with van der Waals surface area (Å²) in [6.45, 7) is 4.78. The first-order valence-electron chi connectivity index (χ1n) is 4.65. The van der Waals surface area contributed by atoms with Crippen LogP contribution in [0.5, 0.6) is 0 Å². The van der Waals surface area contributed by atoms with Crippen LogP contribution in [-0.4, -0.2) is 15.7 Å². The lowest BCUT2D eigenvalue weighted by Crippen LogP contribution is -2.12. The lowest BCUT2D eigenvalue weighted by atomic mass is 10.2. The Kier molecular flexibility index (Phi) is 3.76. The van der Waals surface area contributed by atoms with E-state index in [-0.39, 0.29) is 0 Å². The van der Waals surface area contributed by atoms with Crippen LogP contribution < -0.4 is 5.73 Å². The average Bonchev–Trinajstić information content (AvgIpc) is 2.53. The Hall–Kier alpha value is -1.03. The van der Waals surface area contributed by atoms with Gasteiger partial charge in [0, 0.05) is 6.20 Å². The summed E-state index contributed by atoms with van der Waals surface area (Å²) in [5.74, 6) is 0.535. The Balaban J connectivity index is 2.33. The fourth-order valence-corrected chi connectivity index (χ4v) is 1.16. The highest BCUT2D eigenvalue weighted by atomic mass is 16.5. The molecule has 1 aromatic heterocycles. The van der Waals surface area contributed by atoms with Crippen LogP contribution in [0.3, 0.4) is 0 Å². The van der Waals surface area contributed by atoms with E-state index in [4.69, 9.17) is 10.5 Å². The standard InChI is InChI=1S/C9H17N3O/c1-3-8(4-2)13-7-12-5-9(10)11-6-12/h5-6,8H,3-4,7,10H2,1-2H3. The van der Waals surface area contributed by atoms with E-state index >= 15 is 0 Å². The summed E-state index contributed by atoms with van der Waals surface area (Å²) in [7, 11) is 0. The fourth-order valence-electron chi connectivity index (χ4n) is 1.16. The van der Waals surface area contributed by atoms with Crippen molar-refractivity contribution in [3.63, 3.8) is 0 Å². The topological polar surface area (TPSA) is 53.1 Å². The van der Waals surface area contributed by atoms with Crippen molar-refractivity contribution in [1.82, 2.24) is 9.55 Å². The van der Waals surface area contributed by atoms with Crippen LogP contribution in [0.4, 0.5) is 5.82 Å². The second kappa shape index (κ2) is 4.87. The first-order chi connectivity index (χ1) is 6.26. The lowest BCUT2D eigenvalue weighted by molar-refractivity contribution is 0.00308. The molecular formula is C9H17N3O. The molecule has 0 spiro atoms. The summed E-state index contributed by atoms with van der Waals surface area (Å²) in [4.78, 5) is 3.91. The van der Waals surface area contributed by atoms with E-state index in [9.17, 15) is 0 Å². The van der Waals surface area contributed by atoms with Crippen molar-refractivity contribution in [2.75, 3.05) is 5.73 Å². The van der Waals surface area contributed by atoms with Crippen LogP contribution in [0.1, 0.15) is 26.7 Å². The molecule has 0 fully saturated rings. The first-order valence-corrected chi connectivity index (χ1v) is 4.65. The zero-order chi connectivity index (χ0) is 9.68. The number of rotatable bonds is 5. The van der Waals surface area contributed by atoms with Gasteiger partial charge in [0.25, 0.3) is 0 Å². The van der Waals surface area contributed by atoms with E-state index < -0.39 is 0 Å². The van der Waals surface area contributed by atoms with Gasteiger partial charge < -0.3 is 15.0 Å². The van der Waals surface area contributed by atoms with Gasteiger partial charge in [-0.25, -0.2) is 4.98 Å². The zero-order valence-corrected chi connectivity index (χ0v) is 8.23. The molecule has 4 nitrogen and oxygen atoms in total. The number of nitrogens with zero attached hydrogens (tertiary/aromatic N) is 2. The van der Waals surface area contributed by atoms with Gasteiger partial charge in [0.05, 0.1) is 12.4 Å². The summed E-state index contributed by atoms with van der Waals surface area (Å²) in [5.41, 5.74) is 5.46. The van der Waals surface area contributed by atoms with Crippen molar-refractivity contribution in [1.29, 1.82) is 0 Å². The van der Waals surface area contributed by atoms with E-state index in [1.165, 1.54) is 0 Å². The number of imidazole rings is 1. The van der Waals surface area contributed by atoms with Crippen LogP contribution in [0, 0.1) is 0 Å². The van der Waals surface area contributed by atoms with Gasteiger partial charge >= 0.3 is 0 Å². The molecule has 0 bridgehead atoms. The van der Waals surface area contributed by atoms with Crippen molar-refractivity contribution in [3.8, 4) is 0 Å². The van der Waals surface area contributed by atoms with E-state index in [0.29, 0.717) is 18.7 Å². The molecule has 0 saturated carbocycles. The van der Waals surface area contributed by atoms with Crippen molar-refractivity contribution in [2.24, 2.45) is 0 Å². The van der Waals surface area contributed by atoms with E-state index in [1.54, 1.807) is 12.5 Å². The molecule has 2 N–H and O–H groups in total. The summed E-state index contributed by atoms with van der Waals surface area (Å²) >= 11 is 0. The SMILES string of the molecule is CCC(CC)OCn1cnc(N)c1. The summed E-state index contributed by atoms with van der Waals surface area (Å²) in [6, 6.07) is 0. The van der Waals surface area contributed by atoms with Crippen LogP contribution >= 0.6 is 0 Å². The Morgan fingerprint density at radius 3 is 2.69 bits per heavy atom. The molecule has 1 heterocycles. The number of ether oxygens (including phenoxy) is 1. The fraction of sp³-hybridized carbons (Fsp3) is 0.667. The lowest BCUT2D eigenvalue weighted by Gasteiger charge is -2.13. The van der Waals surface area contributed by atoms with E-state index in [0.717, 1.165) is 12.8 Å². The van der Waals surface area contributed by atoms with E-state index in [1.807, 2.05) is 4.57 Å². The highest BCUT2D eigenvalue weighted by Crippen LogP contribution is 2.05. The molecule has 0 radical (unpaired) electrons. The maximum Gasteiger partial charge on any atom is 0.141 e. The van der Waals surface area contributed by atoms with Crippen LogP contribution in [0.2, 0.25) is 0 Å². The van der Waals surface area contributed by atoms with Gasteiger partial charge in [0.1, 0.15) is 12.5 Å². The molecule has 0 saturated heterocycles. The van der Waals surface area contributed by atoms with Gasteiger partial charge in [0.2, 0.25) is 0 Å². The third kappa shape index (κ3) is 3.06. The quantitative estimate of drug-likeness (QED) is 0.754. The molecule has 0 aliphatic carbocycles. The normalized spacial score (nSPS) is 11.0. The minimum Gasteiger partial charge on any atom is -0.382 e. The monoisotopic (exact) mass is 183 g/mol. The molecule has 0 atom stereocenters. The molecule has 0 unspecified atom stereocenters. The molecule has 1 aromatic rings. The Morgan fingerprint density at radius 2 is 2.23 bits per heavy atom. The summed E-state index contributed by atoms with van der Waals surface area (Å²) < 4.78 is 7.45. The number of hydrogen-bond acceptors (Lipinski definition) is 3. The molecule has 0 aromatic carbocycles. The predicted octanol–water partition coefficient (Wildman–Crippen LogP) is 1.63. The van der Waals surface area contributed by atoms with Gasteiger partial charge in [-0.05, 0) is 12.8 Å². The number of hydrogen-bond donors (Lipinski definition) is 1. The second-order valence-electron chi connectivity index (χ2n) is 3.05. The highest BCUT2D eigenvalue weighted by molar-refractivity contribution is 5.22. The minimum atomic E-state index is 0.337. The number of anilines is 1. The Labute approximate surface area is 78.7 Å². The maximum atomic E-state index is 5.61. The third-order valence-electron chi connectivity index (χ3n) is 2.02. The number of nitrogens with two attached hydrogens (primary N) is 1. The molecule has 0 aliphatic rings. The summed E-state index contributed by atoms with van der Waals surface area (Å²) in [6.07, 6.45) is 5.87. The first kappa shape index (κ1) is 10.1. The molecule has 0 amide bonds. The van der Waals surface area contributed by atoms with E-state index in [2.05, 4.69) is 18.8 Å². The maximum absolute atomic E-state index is 5.61. The molecule has 13 heavy (non-hydrogen) atoms. The van der Waals surface area contributed by atoms with Gasteiger partial charge in [-0.1, -0.05) is 13.8 Å². The Morgan fingerprint density at radius 1 is 1.54 bits per heavy atom. The number of nitrogen functional groups attached to an aromatic ring is 1. The van der Waals surface area contributed by atoms with Crippen molar-refractivity contribution < 1.29 is 4.74 Å². The largest absolute Gasteiger partial charge is 0.382 e. The van der Waals surface area contributed by atoms with Gasteiger partial charge in [0.15, 0.2) is 0 Å². The third-order valence-corrected chi connectivity index (χ3v) is 2.02. The zero-order valence-electron chi connectivity index (χ0n) is 8.23. The number of aromatic nitrogens is 2. The second-order valence-corrected chi connectivity index (χ2v) is 3.05.